The molecule has 9 nitrogen and oxygen atoms in total. The third-order valence-electron chi connectivity index (χ3n) is 6.80. The Morgan fingerprint density at radius 2 is 1.68 bits per heavy atom. The zero-order valence-electron chi connectivity index (χ0n) is 21.5. The van der Waals surface area contributed by atoms with Crippen molar-refractivity contribution in [1.82, 2.24) is 19.9 Å². The molecule has 1 aliphatic heterocycles. The molecule has 1 aromatic heterocycles. The van der Waals surface area contributed by atoms with Crippen LogP contribution in [0.3, 0.4) is 0 Å². The molecule has 5 rings (SSSR count). The van der Waals surface area contributed by atoms with Gasteiger partial charge in [0, 0.05) is 31.0 Å². The van der Waals surface area contributed by atoms with Gasteiger partial charge < -0.3 is 19.9 Å². The molecular weight excluding hydrogens is 480 g/mol. The number of hydrogen-bond donors (Lipinski definition) is 1. The second-order valence-electron chi connectivity index (χ2n) is 9.30. The highest BCUT2D eigenvalue weighted by molar-refractivity contribution is 5.97. The van der Waals surface area contributed by atoms with Crippen LogP contribution in [-0.4, -0.2) is 64.1 Å². The molecule has 0 aliphatic carbocycles. The quantitative estimate of drug-likeness (QED) is 0.368. The first-order chi connectivity index (χ1) is 18.6. The molecule has 2 amide bonds. The molecule has 196 valence electrons. The minimum Gasteiger partial charge on any atom is -0.378 e. The highest BCUT2D eigenvalue weighted by Crippen LogP contribution is 2.21. The number of nitrogens with one attached hydrogen (secondary N) is 1. The van der Waals surface area contributed by atoms with Crippen molar-refractivity contribution in [2.75, 3.05) is 36.5 Å². The van der Waals surface area contributed by atoms with Crippen LogP contribution in [0.4, 0.5) is 11.4 Å². The molecule has 1 saturated heterocycles. The number of aromatic nitrogens is 3. The van der Waals surface area contributed by atoms with Crippen LogP contribution >= 0.6 is 0 Å². The van der Waals surface area contributed by atoms with Crippen LogP contribution in [0.1, 0.15) is 18.9 Å². The molecule has 1 atom stereocenters. The fourth-order valence-corrected chi connectivity index (χ4v) is 4.76. The van der Waals surface area contributed by atoms with Crippen LogP contribution in [0, 0.1) is 0 Å². The maximum absolute atomic E-state index is 13.7. The minimum absolute atomic E-state index is 0.00856. The smallest absolute Gasteiger partial charge is 0.247 e. The van der Waals surface area contributed by atoms with Crippen LogP contribution in [0.15, 0.2) is 78.9 Å². The molecule has 1 N–H and O–H groups in total. The molecular formula is C29H32N6O3. The van der Waals surface area contributed by atoms with Gasteiger partial charge in [-0.3, -0.25) is 9.59 Å². The van der Waals surface area contributed by atoms with Crippen LogP contribution < -0.4 is 10.2 Å². The van der Waals surface area contributed by atoms with Crippen LogP contribution in [0.5, 0.6) is 0 Å². The van der Waals surface area contributed by atoms with Crippen molar-refractivity contribution in [1.29, 1.82) is 0 Å². The molecule has 9 heteroatoms. The molecule has 0 bridgehead atoms. The van der Waals surface area contributed by atoms with Crippen molar-refractivity contribution in [3.8, 4) is 0 Å². The number of rotatable bonds is 9. The lowest BCUT2D eigenvalue weighted by atomic mass is 10.1. The zero-order chi connectivity index (χ0) is 26.3. The van der Waals surface area contributed by atoms with Crippen molar-refractivity contribution >= 4 is 34.2 Å². The lowest BCUT2D eigenvalue weighted by Gasteiger charge is -2.31. The summed E-state index contributed by atoms with van der Waals surface area (Å²) in [7, 11) is 0. The summed E-state index contributed by atoms with van der Waals surface area (Å²) in [5.41, 5.74) is 4.24. The van der Waals surface area contributed by atoms with E-state index in [-0.39, 0.29) is 18.4 Å². The van der Waals surface area contributed by atoms with Crippen molar-refractivity contribution in [3.05, 3.63) is 84.4 Å². The van der Waals surface area contributed by atoms with Crippen LogP contribution in [0.25, 0.3) is 11.0 Å². The Labute approximate surface area is 222 Å². The largest absolute Gasteiger partial charge is 0.378 e. The Balaban J connectivity index is 1.34. The van der Waals surface area contributed by atoms with Crippen molar-refractivity contribution in [2.24, 2.45) is 0 Å². The van der Waals surface area contributed by atoms with E-state index in [1.807, 2.05) is 85.8 Å². The number of carbonyl (C=O) groups is 2. The lowest BCUT2D eigenvalue weighted by molar-refractivity contribution is -0.140. The van der Waals surface area contributed by atoms with Crippen LogP contribution in [-0.2, 0) is 27.4 Å². The maximum Gasteiger partial charge on any atom is 0.247 e. The van der Waals surface area contributed by atoms with E-state index in [2.05, 4.69) is 20.5 Å². The van der Waals surface area contributed by atoms with E-state index >= 15 is 0 Å². The third kappa shape index (κ3) is 5.84. The second-order valence-corrected chi connectivity index (χ2v) is 9.30. The van der Waals surface area contributed by atoms with Gasteiger partial charge in [0.25, 0.3) is 0 Å². The monoisotopic (exact) mass is 512 g/mol. The Morgan fingerprint density at radius 1 is 0.974 bits per heavy atom. The molecule has 0 radical (unpaired) electrons. The molecule has 1 unspecified atom stereocenters. The number of ether oxygens (including phenoxy) is 1. The van der Waals surface area contributed by atoms with Crippen molar-refractivity contribution < 1.29 is 14.3 Å². The van der Waals surface area contributed by atoms with E-state index in [9.17, 15) is 9.59 Å². The topological polar surface area (TPSA) is 92.6 Å². The number of fused-ring (bicyclic) bond motifs is 1. The van der Waals surface area contributed by atoms with Gasteiger partial charge in [-0.05, 0) is 48.4 Å². The minimum atomic E-state index is -0.656. The average molecular weight is 513 g/mol. The van der Waals surface area contributed by atoms with Gasteiger partial charge in [-0.15, -0.1) is 5.10 Å². The Kier molecular flexibility index (Phi) is 7.94. The van der Waals surface area contributed by atoms with Gasteiger partial charge in [0.15, 0.2) is 0 Å². The number of para-hydroxylation sites is 1. The highest BCUT2D eigenvalue weighted by Gasteiger charge is 2.29. The number of anilines is 2. The van der Waals surface area contributed by atoms with Crippen molar-refractivity contribution in [3.63, 3.8) is 0 Å². The number of hydrogen-bond acceptors (Lipinski definition) is 6. The van der Waals surface area contributed by atoms with Gasteiger partial charge in [0.05, 0.1) is 18.7 Å². The number of carbonyl (C=O) groups excluding carboxylic acids is 2. The fourth-order valence-electron chi connectivity index (χ4n) is 4.76. The highest BCUT2D eigenvalue weighted by atomic mass is 16.5. The van der Waals surface area contributed by atoms with E-state index in [4.69, 9.17) is 4.74 Å². The lowest BCUT2D eigenvalue weighted by Crippen LogP contribution is -2.47. The summed E-state index contributed by atoms with van der Waals surface area (Å²) in [6, 6.07) is 24.4. The van der Waals surface area contributed by atoms with Gasteiger partial charge in [0.2, 0.25) is 11.8 Å². The fraction of sp³-hybridized carbons (Fsp3) is 0.310. The maximum atomic E-state index is 13.7. The molecule has 1 fully saturated rings. The van der Waals surface area contributed by atoms with E-state index in [1.54, 1.807) is 9.58 Å². The van der Waals surface area contributed by atoms with E-state index < -0.39 is 6.04 Å². The van der Waals surface area contributed by atoms with Crippen molar-refractivity contribution in [2.45, 2.75) is 32.5 Å². The number of amides is 2. The first kappa shape index (κ1) is 25.4. The second kappa shape index (κ2) is 11.9. The third-order valence-corrected chi connectivity index (χ3v) is 6.80. The standard InChI is InChI=1S/C29H32N6O3/c1-2-26(29(37)30-23-12-14-24(15-13-23)33-16-18-38-19-17-33)34(20-22-8-4-3-5-9-22)28(36)21-35-27-11-7-6-10-25(27)31-32-35/h3-15,26H,2,16-21H2,1H3,(H,30,37). The summed E-state index contributed by atoms with van der Waals surface area (Å²) in [5.74, 6) is -0.423. The van der Waals surface area contributed by atoms with E-state index in [0.717, 1.165) is 35.4 Å². The van der Waals surface area contributed by atoms with Gasteiger partial charge in [0.1, 0.15) is 18.1 Å². The van der Waals surface area contributed by atoms with Crippen LogP contribution in [0.2, 0.25) is 0 Å². The summed E-state index contributed by atoms with van der Waals surface area (Å²) in [5, 5.41) is 11.4. The number of nitrogens with zero attached hydrogens (tertiary/aromatic N) is 5. The molecule has 2 heterocycles. The molecule has 38 heavy (non-hydrogen) atoms. The summed E-state index contributed by atoms with van der Waals surface area (Å²) < 4.78 is 7.02. The normalized spacial score (nSPS) is 14.3. The SMILES string of the molecule is CCC(C(=O)Nc1ccc(N2CCOCC2)cc1)N(Cc1ccccc1)C(=O)Cn1nnc2ccccc21. The Hall–Kier alpha value is -4.24. The van der Waals surface area contributed by atoms with E-state index in [1.165, 1.54) is 0 Å². The molecule has 0 saturated carbocycles. The molecule has 0 spiro atoms. The first-order valence-electron chi connectivity index (χ1n) is 13.0. The average Bonchev–Trinajstić information content (AvgIpc) is 3.37. The molecule has 4 aromatic rings. The van der Waals surface area contributed by atoms with Gasteiger partial charge in [-0.25, -0.2) is 4.68 Å². The predicted molar refractivity (Wildman–Crippen MR) is 147 cm³/mol. The summed E-state index contributed by atoms with van der Waals surface area (Å²) >= 11 is 0. The summed E-state index contributed by atoms with van der Waals surface area (Å²) in [6.45, 7) is 5.35. The summed E-state index contributed by atoms with van der Waals surface area (Å²) in [6.07, 6.45) is 0.467. The molecule has 3 aromatic carbocycles. The Bertz CT molecular complexity index is 1370. The van der Waals surface area contributed by atoms with Gasteiger partial charge in [-0.2, -0.15) is 0 Å². The first-order valence-corrected chi connectivity index (χ1v) is 13.0. The van der Waals surface area contributed by atoms with Gasteiger partial charge >= 0.3 is 0 Å². The zero-order valence-corrected chi connectivity index (χ0v) is 21.5. The number of morpholine rings is 1. The predicted octanol–water partition coefficient (Wildman–Crippen LogP) is 3.71. The van der Waals surface area contributed by atoms with Gasteiger partial charge in [-0.1, -0.05) is 54.6 Å². The summed E-state index contributed by atoms with van der Waals surface area (Å²) in [4.78, 5) is 31.1. The number of benzene rings is 3. The molecule has 1 aliphatic rings. The Morgan fingerprint density at radius 3 is 2.42 bits per heavy atom. The van der Waals surface area contributed by atoms with E-state index in [0.29, 0.717) is 31.9 Å².